The SMILES string of the molecule is COC(=O)Cc1ccc(Nc2nc(NCCOCCOCCCC(=O)c3ccccc3)nc(Nc3ccc(C(=O)NCc4ccccc4)cc3)n2)cc1. The Bertz CT molecular complexity index is 1890. The number of ketones is 1. The topological polar surface area (TPSA) is 166 Å². The minimum Gasteiger partial charge on any atom is -0.469 e. The fourth-order valence-electron chi connectivity index (χ4n) is 5.02. The van der Waals surface area contributed by atoms with Crippen LogP contribution in [0, 0.1) is 0 Å². The summed E-state index contributed by atoms with van der Waals surface area (Å²) in [6.45, 7) is 2.53. The highest BCUT2D eigenvalue weighted by atomic mass is 16.5. The Morgan fingerprint density at radius 2 is 1.19 bits per heavy atom. The lowest BCUT2D eigenvalue weighted by Gasteiger charge is -2.12. The Hall–Kier alpha value is -6.18. The molecule has 1 heterocycles. The van der Waals surface area contributed by atoms with Crippen LogP contribution in [0.25, 0.3) is 0 Å². The fourth-order valence-corrected chi connectivity index (χ4v) is 5.02. The minimum absolute atomic E-state index is 0.109. The second kappa shape index (κ2) is 20.6. The Morgan fingerprint density at radius 1 is 0.604 bits per heavy atom. The lowest BCUT2D eigenvalue weighted by molar-refractivity contribution is -0.139. The van der Waals surface area contributed by atoms with Crippen LogP contribution in [-0.4, -0.2) is 72.7 Å². The molecule has 0 saturated heterocycles. The van der Waals surface area contributed by atoms with Gasteiger partial charge in [0.1, 0.15) is 0 Å². The molecule has 4 aromatic carbocycles. The number of rotatable bonds is 21. The number of methoxy groups -OCH3 is 1. The maximum Gasteiger partial charge on any atom is 0.309 e. The van der Waals surface area contributed by atoms with E-state index < -0.39 is 0 Å². The Kier molecular flexibility index (Phi) is 14.8. The number of amides is 1. The van der Waals surface area contributed by atoms with Crippen molar-refractivity contribution in [2.24, 2.45) is 0 Å². The number of aromatic nitrogens is 3. The molecule has 1 aromatic heterocycles. The maximum atomic E-state index is 12.7. The summed E-state index contributed by atoms with van der Waals surface area (Å²) in [5.74, 6) is 0.472. The molecule has 0 atom stereocenters. The van der Waals surface area contributed by atoms with Gasteiger partial charge in [-0.05, 0) is 53.9 Å². The van der Waals surface area contributed by atoms with Gasteiger partial charge in [0.05, 0.1) is 33.4 Å². The number of esters is 1. The standard InChI is InChI=1S/C40H43N7O6/c1-51-36(49)27-29-14-18-33(19-15-29)43-39-45-38(41-22-24-53-26-25-52-23-8-13-35(48)31-11-6-3-7-12-31)46-40(47-39)44-34-20-16-32(17-21-34)37(50)42-28-30-9-4-2-5-10-30/h2-7,9-12,14-21H,8,13,22-28H2,1H3,(H,42,50)(H3,41,43,44,45,46,47). The second-order valence-electron chi connectivity index (χ2n) is 11.8. The van der Waals surface area contributed by atoms with Crippen molar-refractivity contribution in [3.8, 4) is 0 Å². The number of hydrogen-bond acceptors (Lipinski definition) is 12. The molecule has 0 aliphatic heterocycles. The zero-order chi connectivity index (χ0) is 37.1. The zero-order valence-corrected chi connectivity index (χ0v) is 29.5. The van der Waals surface area contributed by atoms with Crippen molar-refractivity contribution in [3.05, 3.63) is 131 Å². The third-order valence-corrected chi connectivity index (χ3v) is 7.81. The molecule has 0 bridgehead atoms. The zero-order valence-electron chi connectivity index (χ0n) is 29.5. The molecule has 5 rings (SSSR count). The van der Waals surface area contributed by atoms with Crippen LogP contribution in [0.2, 0.25) is 0 Å². The van der Waals surface area contributed by atoms with Gasteiger partial charge in [-0.25, -0.2) is 0 Å². The molecule has 0 aliphatic carbocycles. The average Bonchev–Trinajstić information content (AvgIpc) is 3.19. The van der Waals surface area contributed by atoms with Crippen molar-refractivity contribution in [2.45, 2.75) is 25.8 Å². The van der Waals surface area contributed by atoms with E-state index in [2.05, 4.69) is 36.2 Å². The van der Waals surface area contributed by atoms with Gasteiger partial charge in [-0.3, -0.25) is 14.4 Å². The van der Waals surface area contributed by atoms with Gasteiger partial charge in [0.2, 0.25) is 17.8 Å². The van der Waals surface area contributed by atoms with E-state index in [9.17, 15) is 14.4 Å². The van der Waals surface area contributed by atoms with E-state index in [0.717, 1.165) is 11.1 Å². The van der Waals surface area contributed by atoms with Crippen LogP contribution >= 0.6 is 0 Å². The number of carbonyl (C=O) groups excluding carboxylic acids is 3. The summed E-state index contributed by atoms with van der Waals surface area (Å²) >= 11 is 0. The van der Waals surface area contributed by atoms with Crippen LogP contribution in [0.5, 0.6) is 0 Å². The van der Waals surface area contributed by atoms with Gasteiger partial charge in [-0.1, -0.05) is 72.8 Å². The third kappa shape index (κ3) is 13.1. The second-order valence-corrected chi connectivity index (χ2v) is 11.8. The Labute approximate surface area is 308 Å². The first-order valence-electron chi connectivity index (χ1n) is 17.3. The molecule has 1 amide bonds. The van der Waals surface area contributed by atoms with Gasteiger partial charge in [0.25, 0.3) is 5.91 Å². The molecule has 0 unspecified atom stereocenters. The normalized spacial score (nSPS) is 10.7. The molecule has 4 N–H and O–H groups in total. The van der Waals surface area contributed by atoms with Crippen molar-refractivity contribution in [1.82, 2.24) is 20.3 Å². The van der Waals surface area contributed by atoms with Crippen LogP contribution in [0.3, 0.4) is 0 Å². The first kappa shape index (κ1) is 38.1. The number of benzene rings is 4. The summed E-state index contributed by atoms with van der Waals surface area (Å²) in [4.78, 5) is 50.1. The van der Waals surface area contributed by atoms with Crippen LogP contribution in [0.4, 0.5) is 29.2 Å². The smallest absolute Gasteiger partial charge is 0.309 e. The van der Waals surface area contributed by atoms with Gasteiger partial charge in [-0.2, -0.15) is 15.0 Å². The molecule has 13 heteroatoms. The van der Waals surface area contributed by atoms with Crippen molar-refractivity contribution in [1.29, 1.82) is 0 Å². The first-order valence-corrected chi connectivity index (χ1v) is 17.3. The Morgan fingerprint density at radius 3 is 1.83 bits per heavy atom. The van der Waals surface area contributed by atoms with Crippen LogP contribution in [-0.2, 0) is 32.0 Å². The van der Waals surface area contributed by atoms with Gasteiger partial charge in [0.15, 0.2) is 5.78 Å². The van der Waals surface area contributed by atoms with Crippen molar-refractivity contribution < 1.29 is 28.6 Å². The molecule has 13 nitrogen and oxygen atoms in total. The molecule has 5 aromatic rings. The van der Waals surface area contributed by atoms with E-state index in [1.54, 1.807) is 24.3 Å². The minimum atomic E-state index is -0.320. The van der Waals surface area contributed by atoms with Gasteiger partial charge >= 0.3 is 5.97 Å². The monoisotopic (exact) mass is 717 g/mol. The predicted octanol–water partition coefficient (Wildman–Crippen LogP) is 6.11. The highest BCUT2D eigenvalue weighted by Crippen LogP contribution is 2.20. The number of carbonyl (C=O) groups is 3. The molecule has 53 heavy (non-hydrogen) atoms. The highest BCUT2D eigenvalue weighted by Gasteiger charge is 2.11. The van der Waals surface area contributed by atoms with E-state index in [1.165, 1.54) is 7.11 Å². The summed E-state index contributed by atoms with van der Waals surface area (Å²) < 4.78 is 16.1. The van der Waals surface area contributed by atoms with E-state index in [4.69, 9.17) is 14.2 Å². The summed E-state index contributed by atoms with van der Waals surface area (Å²) in [5.41, 5.74) is 4.44. The van der Waals surface area contributed by atoms with Gasteiger partial charge in [-0.15, -0.1) is 0 Å². The maximum absolute atomic E-state index is 12.7. The Balaban J connectivity index is 1.12. The van der Waals surface area contributed by atoms with E-state index in [0.29, 0.717) is 80.8 Å². The lowest BCUT2D eigenvalue weighted by atomic mass is 10.1. The van der Waals surface area contributed by atoms with E-state index in [1.807, 2.05) is 84.9 Å². The molecule has 0 spiro atoms. The molecule has 0 fully saturated rings. The van der Waals surface area contributed by atoms with Gasteiger partial charge < -0.3 is 35.5 Å². The number of nitrogens with one attached hydrogen (secondary N) is 4. The van der Waals surface area contributed by atoms with Crippen molar-refractivity contribution in [3.63, 3.8) is 0 Å². The quantitative estimate of drug-likeness (QED) is 0.0391. The first-order chi connectivity index (χ1) is 25.9. The number of Topliss-reactive ketones (excluding diaryl/α,β-unsaturated/α-hetero) is 1. The molecular formula is C40H43N7O6. The largest absolute Gasteiger partial charge is 0.469 e. The van der Waals surface area contributed by atoms with E-state index in [-0.39, 0.29) is 36.0 Å². The van der Waals surface area contributed by atoms with Gasteiger partial charge in [0, 0.05) is 48.6 Å². The fraction of sp³-hybridized carbons (Fsp3) is 0.250. The number of nitrogens with zero attached hydrogens (tertiary/aromatic N) is 3. The number of hydrogen-bond donors (Lipinski definition) is 4. The molecule has 0 saturated carbocycles. The molecule has 274 valence electrons. The molecule has 0 aliphatic rings. The van der Waals surface area contributed by atoms with Crippen molar-refractivity contribution >= 4 is 46.9 Å². The highest BCUT2D eigenvalue weighted by molar-refractivity contribution is 5.96. The summed E-state index contributed by atoms with van der Waals surface area (Å²) in [7, 11) is 1.36. The summed E-state index contributed by atoms with van der Waals surface area (Å²) in [5, 5.41) is 12.5. The summed E-state index contributed by atoms with van der Waals surface area (Å²) in [6, 6.07) is 33.2. The van der Waals surface area contributed by atoms with Crippen LogP contribution < -0.4 is 21.3 Å². The van der Waals surface area contributed by atoms with Crippen LogP contribution in [0.15, 0.2) is 109 Å². The van der Waals surface area contributed by atoms with Crippen LogP contribution in [0.1, 0.15) is 44.7 Å². The summed E-state index contributed by atoms with van der Waals surface area (Å²) in [6.07, 6.45) is 1.25. The number of anilines is 5. The molecule has 0 radical (unpaired) electrons. The lowest BCUT2D eigenvalue weighted by Crippen LogP contribution is -2.22. The van der Waals surface area contributed by atoms with E-state index >= 15 is 0 Å². The molecular weight excluding hydrogens is 674 g/mol. The third-order valence-electron chi connectivity index (χ3n) is 7.81. The predicted molar refractivity (Wildman–Crippen MR) is 203 cm³/mol. The average molecular weight is 718 g/mol. The van der Waals surface area contributed by atoms with Crippen molar-refractivity contribution in [2.75, 3.05) is 56.0 Å². The number of ether oxygens (including phenoxy) is 3.